The summed E-state index contributed by atoms with van der Waals surface area (Å²) in [6, 6.07) is 4.58. The molecule has 3 atom stereocenters. The van der Waals surface area contributed by atoms with E-state index in [4.69, 9.17) is 0 Å². The maximum absolute atomic E-state index is 13.6. The first-order valence-corrected chi connectivity index (χ1v) is 10.7. The summed E-state index contributed by atoms with van der Waals surface area (Å²) in [5.74, 6) is -1.69. The van der Waals surface area contributed by atoms with Gasteiger partial charge in [0.2, 0.25) is 5.91 Å². The second-order valence-electron chi connectivity index (χ2n) is 8.67. The number of benzene rings is 2. The van der Waals surface area contributed by atoms with Crippen LogP contribution in [0.1, 0.15) is 53.1 Å². The van der Waals surface area contributed by atoms with Crippen molar-refractivity contribution in [1.82, 2.24) is 10.2 Å². The Kier molecular flexibility index (Phi) is 8.87. The average Bonchev–Trinajstić information content (AvgIpc) is 2.76. The molecule has 35 heavy (non-hydrogen) atoms. The van der Waals surface area contributed by atoms with Crippen molar-refractivity contribution in [3.05, 3.63) is 70.0 Å². The summed E-state index contributed by atoms with van der Waals surface area (Å²) in [7, 11) is 1.37. The largest absolute Gasteiger partial charge is 0.416 e. The molecule has 194 valence electrons. The molecular formula is C24H26ClF7N2O. The van der Waals surface area contributed by atoms with Gasteiger partial charge in [-0.15, -0.1) is 12.4 Å². The Morgan fingerprint density at radius 2 is 1.60 bits per heavy atom. The zero-order chi connectivity index (χ0) is 25.4. The standard InChI is InChI=1S/C24H25F7N2O.ClH/c1-13-8-18(25)4-5-19(13)21-12-32-7-6-20(21)22(34)33(3)14(2)15-9-16(23(26,27)28)11-17(10-15)24(29,30)31;/h4-5,8-11,14,20-21,32H,6-7,12H2,1-3H3;1H/t14-,20+,21-;/m1./s1. The number of hydrogen-bond donors (Lipinski definition) is 1. The van der Waals surface area contributed by atoms with Crippen LogP contribution in [0.4, 0.5) is 30.7 Å². The van der Waals surface area contributed by atoms with Gasteiger partial charge in [-0.1, -0.05) is 6.07 Å². The van der Waals surface area contributed by atoms with E-state index in [9.17, 15) is 35.5 Å². The molecule has 1 amide bonds. The van der Waals surface area contributed by atoms with Crippen molar-refractivity contribution in [1.29, 1.82) is 0 Å². The molecule has 0 radical (unpaired) electrons. The Bertz CT molecular complexity index is 1020. The molecule has 0 aliphatic carbocycles. The molecule has 1 N–H and O–H groups in total. The molecule has 0 saturated carbocycles. The highest BCUT2D eigenvalue weighted by atomic mass is 35.5. The maximum atomic E-state index is 13.6. The molecule has 11 heteroatoms. The van der Waals surface area contributed by atoms with Crippen molar-refractivity contribution in [2.75, 3.05) is 20.1 Å². The van der Waals surface area contributed by atoms with Gasteiger partial charge < -0.3 is 10.2 Å². The number of carbonyl (C=O) groups excluding carboxylic acids is 1. The van der Waals surface area contributed by atoms with E-state index in [1.54, 1.807) is 13.0 Å². The molecule has 2 aromatic rings. The van der Waals surface area contributed by atoms with Crippen LogP contribution in [0, 0.1) is 18.7 Å². The minimum absolute atomic E-state index is 0. The predicted molar refractivity (Wildman–Crippen MR) is 120 cm³/mol. The lowest BCUT2D eigenvalue weighted by Gasteiger charge is -2.37. The van der Waals surface area contributed by atoms with Crippen LogP contribution in [0.25, 0.3) is 0 Å². The summed E-state index contributed by atoms with van der Waals surface area (Å²) < 4.78 is 93.2. The summed E-state index contributed by atoms with van der Waals surface area (Å²) in [6.45, 7) is 4.08. The summed E-state index contributed by atoms with van der Waals surface area (Å²) in [5, 5.41) is 3.19. The molecule has 0 bridgehead atoms. The molecule has 0 aromatic heterocycles. The molecule has 1 heterocycles. The molecule has 0 spiro atoms. The van der Waals surface area contributed by atoms with Crippen molar-refractivity contribution in [3.63, 3.8) is 0 Å². The van der Waals surface area contributed by atoms with Crippen LogP contribution >= 0.6 is 12.4 Å². The first-order chi connectivity index (χ1) is 15.7. The van der Waals surface area contributed by atoms with Crippen LogP contribution < -0.4 is 5.32 Å². The van der Waals surface area contributed by atoms with Crippen molar-refractivity contribution >= 4 is 18.3 Å². The predicted octanol–water partition coefficient (Wildman–Crippen LogP) is 6.51. The van der Waals surface area contributed by atoms with E-state index >= 15 is 0 Å². The van der Waals surface area contributed by atoms with Gasteiger partial charge in [0.25, 0.3) is 0 Å². The Hall–Kier alpha value is -2.33. The summed E-state index contributed by atoms with van der Waals surface area (Å²) in [6.07, 6.45) is -9.52. The number of piperidine rings is 1. The Labute approximate surface area is 205 Å². The quantitative estimate of drug-likeness (QED) is 0.461. The lowest BCUT2D eigenvalue weighted by Crippen LogP contribution is -2.44. The second-order valence-corrected chi connectivity index (χ2v) is 8.67. The van der Waals surface area contributed by atoms with Gasteiger partial charge in [0.1, 0.15) is 5.82 Å². The molecule has 1 fully saturated rings. The van der Waals surface area contributed by atoms with Gasteiger partial charge in [0.15, 0.2) is 0 Å². The van der Waals surface area contributed by atoms with Crippen LogP contribution in [0.15, 0.2) is 36.4 Å². The molecule has 2 aromatic carbocycles. The molecule has 1 aliphatic heterocycles. The topological polar surface area (TPSA) is 32.3 Å². The van der Waals surface area contributed by atoms with Gasteiger partial charge in [-0.2, -0.15) is 26.3 Å². The van der Waals surface area contributed by atoms with Crippen LogP contribution in [-0.2, 0) is 17.1 Å². The number of carbonyl (C=O) groups is 1. The number of nitrogens with zero attached hydrogens (tertiary/aromatic N) is 1. The van der Waals surface area contributed by atoms with Gasteiger partial charge in [0.05, 0.1) is 17.2 Å². The third-order valence-corrected chi connectivity index (χ3v) is 6.45. The van der Waals surface area contributed by atoms with Gasteiger partial charge in [-0.05, 0) is 73.8 Å². The smallest absolute Gasteiger partial charge is 0.339 e. The van der Waals surface area contributed by atoms with E-state index < -0.39 is 47.2 Å². The molecule has 0 unspecified atom stereocenters. The fourth-order valence-corrected chi connectivity index (χ4v) is 4.43. The van der Waals surface area contributed by atoms with E-state index in [2.05, 4.69) is 5.32 Å². The molecular weight excluding hydrogens is 501 g/mol. The highest BCUT2D eigenvalue weighted by molar-refractivity contribution is 5.85. The van der Waals surface area contributed by atoms with Crippen molar-refractivity contribution in [2.24, 2.45) is 5.92 Å². The fourth-order valence-electron chi connectivity index (χ4n) is 4.43. The highest BCUT2D eigenvalue weighted by Gasteiger charge is 2.39. The minimum Gasteiger partial charge on any atom is -0.339 e. The monoisotopic (exact) mass is 526 g/mol. The number of nitrogens with one attached hydrogen (secondary N) is 1. The lowest BCUT2D eigenvalue weighted by atomic mass is 9.79. The van der Waals surface area contributed by atoms with Crippen molar-refractivity contribution < 1.29 is 35.5 Å². The number of alkyl halides is 6. The van der Waals surface area contributed by atoms with Gasteiger partial charge in [-0.25, -0.2) is 4.39 Å². The van der Waals surface area contributed by atoms with E-state index in [0.717, 1.165) is 5.56 Å². The summed E-state index contributed by atoms with van der Waals surface area (Å²) in [4.78, 5) is 14.6. The molecule has 3 nitrogen and oxygen atoms in total. The Morgan fingerprint density at radius 3 is 2.11 bits per heavy atom. The third-order valence-electron chi connectivity index (χ3n) is 6.45. The van der Waals surface area contributed by atoms with Crippen LogP contribution in [-0.4, -0.2) is 30.9 Å². The Balaban J connectivity index is 0.00000432. The average molecular weight is 527 g/mol. The fraction of sp³-hybridized carbons (Fsp3) is 0.458. The molecule has 1 aliphatic rings. The number of hydrogen-bond acceptors (Lipinski definition) is 2. The van der Waals surface area contributed by atoms with E-state index in [1.807, 2.05) is 0 Å². The van der Waals surface area contributed by atoms with Crippen LogP contribution in [0.3, 0.4) is 0 Å². The zero-order valence-corrected chi connectivity index (χ0v) is 20.0. The van der Waals surface area contributed by atoms with Crippen molar-refractivity contribution in [3.8, 4) is 0 Å². The number of aryl methyl sites for hydroxylation is 1. The van der Waals surface area contributed by atoms with E-state index in [1.165, 1.54) is 31.0 Å². The van der Waals surface area contributed by atoms with Gasteiger partial charge >= 0.3 is 12.4 Å². The number of rotatable bonds is 4. The second kappa shape index (κ2) is 10.7. The van der Waals surface area contributed by atoms with E-state index in [0.29, 0.717) is 37.2 Å². The van der Waals surface area contributed by atoms with Crippen molar-refractivity contribution in [2.45, 2.75) is 44.6 Å². The third kappa shape index (κ3) is 6.46. The van der Waals surface area contributed by atoms with Crippen LogP contribution in [0.2, 0.25) is 0 Å². The molecule has 1 saturated heterocycles. The van der Waals surface area contributed by atoms with Gasteiger partial charge in [0, 0.05) is 25.4 Å². The van der Waals surface area contributed by atoms with Gasteiger partial charge in [-0.3, -0.25) is 4.79 Å². The lowest BCUT2D eigenvalue weighted by molar-refractivity contribution is -0.143. The maximum Gasteiger partial charge on any atom is 0.416 e. The summed E-state index contributed by atoms with van der Waals surface area (Å²) in [5.41, 5.74) is -1.68. The minimum atomic E-state index is -4.97. The first kappa shape index (κ1) is 28.9. The SMILES string of the molecule is Cc1cc(F)ccc1[C@H]1CNCC[C@@H]1C(=O)N(C)[C@H](C)c1cc(C(F)(F)F)cc(C(F)(F)F)c1.Cl. The zero-order valence-electron chi connectivity index (χ0n) is 19.2. The number of amides is 1. The normalized spacial score (nSPS) is 19.6. The molecule has 3 rings (SSSR count). The highest BCUT2D eigenvalue weighted by Crippen LogP contribution is 2.39. The Morgan fingerprint density at radius 1 is 1.03 bits per heavy atom. The summed E-state index contributed by atoms with van der Waals surface area (Å²) >= 11 is 0. The first-order valence-electron chi connectivity index (χ1n) is 10.7. The van der Waals surface area contributed by atoms with Crippen LogP contribution in [0.5, 0.6) is 0 Å². The van der Waals surface area contributed by atoms with E-state index in [-0.39, 0.29) is 30.0 Å². The number of halogens is 8.